The van der Waals surface area contributed by atoms with Gasteiger partial charge in [0.2, 0.25) is 5.43 Å². The third-order valence-electron chi connectivity index (χ3n) is 5.41. The summed E-state index contributed by atoms with van der Waals surface area (Å²) in [5, 5.41) is 5.86. The van der Waals surface area contributed by atoms with Crippen molar-refractivity contribution in [3.8, 4) is 16.9 Å². The summed E-state index contributed by atoms with van der Waals surface area (Å²) in [6.45, 7) is 7.92. The Kier molecular flexibility index (Phi) is 5.03. The Hall–Kier alpha value is -3.61. The lowest BCUT2D eigenvalue weighted by atomic mass is 9.97. The molecule has 0 saturated heterocycles. The summed E-state index contributed by atoms with van der Waals surface area (Å²) in [6, 6.07) is 11.0. The number of anilines is 4. The van der Waals surface area contributed by atoms with Crippen LogP contribution in [-0.2, 0) is 4.79 Å². The molecule has 1 amide bonds. The lowest BCUT2D eigenvalue weighted by Gasteiger charge is -2.23. The van der Waals surface area contributed by atoms with Gasteiger partial charge < -0.3 is 20.3 Å². The number of benzene rings is 2. The number of fused-ring (bicyclic) bond motifs is 1. The molecule has 1 aliphatic heterocycles. The van der Waals surface area contributed by atoms with Gasteiger partial charge in [0.25, 0.3) is 11.3 Å². The summed E-state index contributed by atoms with van der Waals surface area (Å²) in [4.78, 5) is 38.3. The molecular weight excluding hydrogens is 382 g/mol. The van der Waals surface area contributed by atoms with Crippen molar-refractivity contribution in [2.24, 2.45) is 0 Å². The highest BCUT2D eigenvalue weighted by Gasteiger charge is 2.25. The van der Waals surface area contributed by atoms with Crippen LogP contribution in [0.1, 0.15) is 19.4 Å². The van der Waals surface area contributed by atoms with Gasteiger partial charge in [-0.25, -0.2) is 0 Å². The summed E-state index contributed by atoms with van der Waals surface area (Å²) in [7, 11) is 0. The smallest absolute Gasteiger partial charge is 0.262 e. The Morgan fingerprint density at radius 2 is 1.80 bits per heavy atom. The molecule has 1 heterocycles. The van der Waals surface area contributed by atoms with E-state index in [4.69, 9.17) is 4.74 Å². The summed E-state index contributed by atoms with van der Waals surface area (Å²) in [6.07, 6.45) is 0. The molecule has 3 aromatic carbocycles. The normalized spacial score (nSPS) is 12.8. The number of nitrogens with one attached hydrogen (secondary N) is 2. The van der Waals surface area contributed by atoms with Crippen LogP contribution < -0.4 is 31.1 Å². The Morgan fingerprint density at radius 3 is 2.50 bits per heavy atom. The van der Waals surface area contributed by atoms with Crippen molar-refractivity contribution in [2.45, 2.75) is 20.8 Å². The van der Waals surface area contributed by atoms with E-state index in [1.807, 2.05) is 19.1 Å². The van der Waals surface area contributed by atoms with Gasteiger partial charge in [-0.3, -0.25) is 14.4 Å². The fourth-order valence-corrected chi connectivity index (χ4v) is 3.72. The van der Waals surface area contributed by atoms with E-state index in [0.29, 0.717) is 22.6 Å². The van der Waals surface area contributed by atoms with Crippen LogP contribution in [0.4, 0.5) is 22.7 Å². The van der Waals surface area contributed by atoms with E-state index < -0.39 is 10.9 Å². The molecule has 0 unspecified atom stereocenters. The fourth-order valence-electron chi connectivity index (χ4n) is 3.72. The van der Waals surface area contributed by atoms with E-state index in [-0.39, 0.29) is 18.2 Å². The van der Waals surface area contributed by atoms with E-state index in [1.54, 1.807) is 18.2 Å². The third-order valence-corrected chi connectivity index (χ3v) is 5.41. The van der Waals surface area contributed by atoms with Gasteiger partial charge in [0.15, 0.2) is 6.61 Å². The maximum absolute atomic E-state index is 12.3. The molecule has 2 N–H and O–H groups in total. The first-order valence-electron chi connectivity index (χ1n) is 9.96. The van der Waals surface area contributed by atoms with Crippen LogP contribution >= 0.6 is 0 Å². The predicted molar refractivity (Wildman–Crippen MR) is 119 cm³/mol. The van der Waals surface area contributed by atoms with Crippen LogP contribution in [-0.4, -0.2) is 25.6 Å². The molecule has 1 aliphatic rings. The topological polar surface area (TPSA) is 87.7 Å². The van der Waals surface area contributed by atoms with Crippen molar-refractivity contribution in [1.82, 2.24) is 0 Å². The average molecular weight is 405 g/mol. The van der Waals surface area contributed by atoms with Gasteiger partial charge in [-0.05, 0) is 62.2 Å². The van der Waals surface area contributed by atoms with E-state index in [2.05, 4.69) is 35.4 Å². The van der Waals surface area contributed by atoms with Crippen molar-refractivity contribution in [1.29, 1.82) is 0 Å². The number of hydrogen-bond acceptors (Lipinski definition) is 6. The molecule has 7 heteroatoms. The van der Waals surface area contributed by atoms with Gasteiger partial charge in [-0.1, -0.05) is 6.07 Å². The highest BCUT2D eigenvalue weighted by molar-refractivity contribution is 5.96. The number of hydrogen-bond donors (Lipinski definition) is 2. The summed E-state index contributed by atoms with van der Waals surface area (Å²) in [5.41, 5.74) is 3.53. The number of carbonyl (C=O) groups excluding carboxylic acids is 1. The molecular formula is C23H23N3O4. The number of carbonyl (C=O) groups is 1. The number of nitrogens with zero attached hydrogens (tertiary/aromatic N) is 1. The zero-order chi connectivity index (χ0) is 21.4. The monoisotopic (exact) mass is 405 g/mol. The molecule has 0 radical (unpaired) electrons. The average Bonchev–Trinajstić information content (AvgIpc) is 2.75. The molecule has 0 fully saturated rings. The van der Waals surface area contributed by atoms with Crippen LogP contribution in [0, 0.1) is 6.92 Å². The first-order valence-corrected chi connectivity index (χ1v) is 9.96. The highest BCUT2D eigenvalue weighted by atomic mass is 16.5. The zero-order valence-corrected chi connectivity index (χ0v) is 17.2. The van der Waals surface area contributed by atoms with Crippen LogP contribution in [0.15, 0.2) is 46.0 Å². The lowest BCUT2D eigenvalue weighted by molar-refractivity contribution is -0.118. The van der Waals surface area contributed by atoms with Gasteiger partial charge >= 0.3 is 0 Å². The second kappa shape index (κ2) is 7.67. The molecule has 3 aromatic rings. The number of rotatable bonds is 6. The van der Waals surface area contributed by atoms with Crippen LogP contribution in [0.3, 0.4) is 0 Å². The van der Waals surface area contributed by atoms with Crippen molar-refractivity contribution < 1.29 is 9.53 Å². The third kappa shape index (κ3) is 3.32. The maximum atomic E-state index is 12.3. The molecule has 154 valence electrons. The largest absolute Gasteiger partial charge is 0.482 e. The molecule has 0 spiro atoms. The van der Waals surface area contributed by atoms with E-state index in [1.165, 1.54) is 0 Å². The second-order valence-corrected chi connectivity index (χ2v) is 7.25. The Labute approximate surface area is 174 Å². The van der Waals surface area contributed by atoms with Crippen molar-refractivity contribution >= 4 is 28.7 Å². The number of amides is 1. The Bertz CT molecular complexity index is 1200. The lowest BCUT2D eigenvalue weighted by Crippen LogP contribution is -2.35. The minimum absolute atomic E-state index is 0.0778. The molecule has 7 nitrogen and oxygen atoms in total. The number of ether oxygens (including phenoxy) is 1. The molecule has 30 heavy (non-hydrogen) atoms. The molecule has 0 bridgehead atoms. The predicted octanol–water partition coefficient (Wildman–Crippen LogP) is 3.18. The van der Waals surface area contributed by atoms with Gasteiger partial charge in [-0.2, -0.15) is 0 Å². The Morgan fingerprint density at radius 1 is 1.03 bits per heavy atom. The molecule has 0 aliphatic carbocycles. The fraction of sp³-hybridized carbons (Fsp3) is 0.261. The maximum Gasteiger partial charge on any atom is 0.262 e. The van der Waals surface area contributed by atoms with Gasteiger partial charge in [0, 0.05) is 24.5 Å². The summed E-state index contributed by atoms with van der Waals surface area (Å²) >= 11 is 0. The van der Waals surface area contributed by atoms with E-state index >= 15 is 0 Å². The highest BCUT2D eigenvalue weighted by Crippen LogP contribution is 2.35. The SMILES string of the molecule is CCN(CC)c1ccc(Nc2c(-c3ccc4c(c3)OCC(=O)N4)c(=O)c2=O)c(C)c1. The van der Waals surface area contributed by atoms with Crippen molar-refractivity contribution in [3.05, 3.63) is 62.4 Å². The van der Waals surface area contributed by atoms with Crippen LogP contribution in [0.5, 0.6) is 5.75 Å². The molecule has 0 aromatic heterocycles. The zero-order valence-electron chi connectivity index (χ0n) is 17.2. The first-order chi connectivity index (χ1) is 14.4. The van der Waals surface area contributed by atoms with Crippen LogP contribution in [0.25, 0.3) is 11.1 Å². The minimum atomic E-state index is -0.538. The van der Waals surface area contributed by atoms with Gasteiger partial charge in [-0.15, -0.1) is 0 Å². The second-order valence-electron chi connectivity index (χ2n) is 7.25. The van der Waals surface area contributed by atoms with E-state index in [0.717, 1.165) is 30.0 Å². The van der Waals surface area contributed by atoms with Crippen molar-refractivity contribution in [2.75, 3.05) is 35.2 Å². The first kappa shape index (κ1) is 19.7. The van der Waals surface area contributed by atoms with Gasteiger partial charge in [0.1, 0.15) is 11.4 Å². The molecule has 0 atom stereocenters. The van der Waals surface area contributed by atoms with Gasteiger partial charge in [0.05, 0.1) is 11.3 Å². The van der Waals surface area contributed by atoms with E-state index in [9.17, 15) is 14.4 Å². The minimum Gasteiger partial charge on any atom is -0.482 e. The van der Waals surface area contributed by atoms with Crippen molar-refractivity contribution in [3.63, 3.8) is 0 Å². The number of aryl methyl sites for hydroxylation is 1. The molecule has 0 saturated carbocycles. The standard InChI is InChI=1S/C23H23N3O4/c1-4-26(5-2)15-7-9-16(13(3)10-15)25-21-20(22(28)23(21)29)14-6-8-17-18(11-14)30-12-19(27)24-17/h6-11,25H,4-5,12H2,1-3H3,(H,24,27). The van der Waals surface area contributed by atoms with Crippen LogP contribution in [0.2, 0.25) is 0 Å². The summed E-state index contributed by atoms with van der Waals surface area (Å²) in [5.74, 6) is 0.251. The Balaban J connectivity index is 1.66. The molecule has 4 rings (SSSR count). The summed E-state index contributed by atoms with van der Waals surface area (Å²) < 4.78 is 5.43. The quantitative estimate of drug-likeness (QED) is 0.613.